The first-order chi connectivity index (χ1) is 11.0. The van der Waals surface area contributed by atoms with Gasteiger partial charge in [-0.2, -0.15) is 0 Å². The fourth-order valence-electron chi connectivity index (χ4n) is 3.46. The zero-order valence-electron chi connectivity index (χ0n) is 13.1. The van der Waals surface area contributed by atoms with Crippen molar-refractivity contribution in [2.45, 2.75) is 13.8 Å². The summed E-state index contributed by atoms with van der Waals surface area (Å²) < 4.78 is 5.31. The van der Waals surface area contributed by atoms with Crippen molar-refractivity contribution in [2.24, 2.45) is 0 Å². The van der Waals surface area contributed by atoms with Gasteiger partial charge in [-0.1, -0.05) is 0 Å². The maximum absolute atomic E-state index is 11.4. The number of hydrogen-bond donors (Lipinski definition) is 3. The van der Waals surface area contributed by atoms with Gasteiger partial charge in [0.15, 0.2) is 0 Å². The van der Waals surface area contributed by atoms with Crippen LogP contribution in [0.3, 0.4) is 0 Å². The second kappa shape index (κ2) is 4.52. The molecule has 2 aromatic heterocycles. The lowest BCUT2D eigenvalue weighted by molar-refractivity contribution is 0.0691. The summed E-state index contributed by atoms with van der Waals surface area (Å²) in [4.78, 5) is 17.8. The number of aromatic nitrogens is 2. The van der Waals surface area contributed by atoms with E-state index in [9.17, 15) is 9.90 Å². The maximum Gasteiger partial charge on any atom is 0.352 e. The Morgan fingerprint density at radius 1 is 1.04 bits per heavy atom. The number of carbonyl (C=O) groups is 1. The monoisotopic (exact) mass is 308 g/mol. The number of H-pyrrole nitrogens is 2. The van der Waals surface area contributed by atoms with Gasteiger partial charge in [-0.3, -0.25) is 0 Å². The van der Waals surface area contributed by atoms with Gasteiger partial charge in [0.25, 0.3) is 0 Å². The second-order valence-corrected chi connectivity index (χ2v) is 5.81. The average Bonchev–Trinajstić information content (AvgIpc) is 3.06. The van der Waals surface area contributed by atoms with Crippen molar-refractivity contribution in [3.8, 4) is 5.75 Å². The van der Waals surface area contributed by atoms with E-state index < -0.39 is 5.97 Å². The first kappa shape index (κ1) is 13.7. The summed E-state index contributed by atoms with van der Waals surface area (Å²) in [5, 5.41) is 12.4. The maximum atomic E-state index is 11.4. The van der Waals surface area contributed by atoms with Crippen LogP contribution >= 0.6 is 0 Å². The first-order valence-electron chi connectivity index (χ1n) is 7.36. The predicted molar refractivity (Wildman–Crippen MR) is 90.6 cm³/mol. The van der Waals surface area contributed by atoms with Crippen LogP contribution in [-0.4, -0.2) is 28.2 Å². The molecule has 23 heavy (non-hydrogen) atoms. The molecule has 0 saturated carbocycles. The van der Waals surface area contributed by atoms with E-state index in [4.69, 9.17) is 4.74 Å². The number of aryl methyl sites for hydroxylation is 2. The van der Waals surface area contributed by atoms with Gasteiger partial charge >= 0.3 is 5.97 Å². The molecule has 0 saturated heterocycles. The Labute approximate surface area is 131 Å². The van der Waals surface area contributed by atoms with Gasteiger partial charge in [0.2, 0.25) is 0 Å². The molecule has 4 rings (SSSR count). The highest BCUT2D eigenvalue weighted by Gasteiger charge is 2.18. The zero-order chi connectivity index (χ0) is 16.3. The molecule has 4 aromatic rings. The molecule has 5 nitrogen and oxygen atoms in total. The zero-order valence-corrected chi connectivity index (χ0v) is 13.1. The van der Waals surface area contributed by atoms with Gasteiger partial charge in [0.1, 0.15) is 11.4 Å². The summed E-state index contributed by atoms with van der Waals surface area (Å²) in [5.74, 6) is -0.140. The van der Waals surface area contributed by atoms with Crippen molar-refractivity contribution >= 4 is 38.7 Å². The highest BCUT2D eigenvalue weighted by Crippen LogP contribution is 2.36. The van der Waals surface area contributed by atoms with Crippen LogP contribution in [0.25, 0.3) is 32.7 Å². The number of aromatic amines is 2. The molecular formula is C18H16N2O3. The molecule has 0 aliphatic rings. The molecule has 2 aromatic carbocycles. The van der Waals surface area contributed by atoms with E-state index in [1.807, 2.05) is 38.1 Å². The van der Waals surface area contributed by atoms with Crippen LogP contribution in [0, 0.1) is 13.8 Å². The Morgan fingerprint density at radius 3 is 2.52 bits per heavy atom. The Bertz CT molecular complexity index is 1100. The molecule has 5 heteroatoms. The molecule has 0 amide bonds. The molecule has 0 aliphatic carbocycles. The fourth-order valence-corrected chi connectivity index (χ4v) is 3.46. The number of nitrogens with one attached hydrogen (secondary N) is 2. The predicted octanol–water partition coefficient (Wildman–Crippen LogP) is 4.13. The number of carboxylic acid groups (broad SMARTS) is 1. The van der Waals surface area contributed by atoms with Crippen molar-refractivity contribution in [2.75, 3.05) is 7.11 Å². The molecule has 0 bridgehead atoms. The van der Waals surface area contributed by atoms with Crippen LogP contribution in [0.4, 0.5) is 0 Å². The number of carboxylic acids is 1. The summed E-state index contributed by atoms with van der Waals surface area (Å²) in [5.41, 5.74) is 4.97. The topological polar surface area (TPSA) is 78.1 Å². The molecule has 0 aliphatic heterocycles. The van der Waals surface area contributed by atoms with Gasteiger partial charge in [-0.25, -0.2) is 4.79 Å². The summed E-state index contributed by atoms with van der Waals surface area (Å²) >= 11 is 0. The number of benzene rings is 2. The van der Waals surface area contributed by atoms with Crippen molar-refractivity contribution < 1.29 is 14.6 Å². The van der Waals surface area contributed by atoms with E-state index in [0.717, 1.165) is 49.6 Å². The highest BCUT2D eigenvalue weighted by molar-refractivity contribution is 6.15. The third kappa shape index (κ3) is 1.76. The summed E-state index contributed by atoms with van der Waals surface area (Å²) in [6.07, 6.45) is 0. The molecule has 0 fully saturated rings. The number of rotatable bonds is 2. The lowest BCUT2D eigenvalue weighted by atomic mass is 10.0. The standard InChI is InChI=1S/C18H16N2O3/c1-8-15-9(2)17(18(21)22)20-14(15)7-12-11-6-10(23-3)4-5-13(11)19-16(8)12/h4-7,19-20H,1-3H3,(H,21,22). The molecular weight excluding hydrogens is 292 g/mol. The number of aromatic carboxylic acids is 1. The number of fused-ring (bicyclic) bond motifs is 4. The third-order valence-corrected chi connectivity index (χ3v) is 4.58. The first-order valence-corrected chi connectivity index (χ1v) is 7.36. The molecule has 116 valence electrons. The second-order valence-electron chi connectivity index (χ2n) is 5.81. The van der Waals surface area contributed by atoms with Crippen LogP contribution in [0.1, 0.15) is 21.6 Å². The number of hydrogen-bond acceptors (Lipinski definition) is 2. The lowest BCUT2D eigenvalue weighted by Crippen LogP contribution is -1.98. The van der Waals surface area contributed by atoms with E-state index in [-0.39, 0.29) is 5.69 Å². The minimum absolute atomic E-state index is 0.248. The van der Waals surface area contributed by atoms with Crippen molar-refractivity contribution in [1.29, 1.82) is 0 Å². The average molecular weight is 308 g/mol. The quantitative estimate of drug-likeness (QED) is 0.521. The van der Waals surface area contributed by atoms with Crippen LogP contribution in [0.15, 0.2) is 24.3 Å². The van der Waals surface area contributed by atoms with Gasteiger partial charge < -0.3 is 19.8 Å². The minimum atomic E-state index is -0.937. The Kier molecular flexibility index (Phi) is 2.69. The molecule has 0 spiro atoms. The van der Waals surface area contributed by atoms with Gasteiger partial charge in [0, 0.05) is 27.2 Å². The fraction of sp³-hybridized carbons (Fsp3) is 0.167. The molecule has 3 N–H and O–H groups in total. The van der Waals surface area contributed by atoms with Crippen molar-refractivity contribution in [3.05, 3.63) is 41.1 Å². The van der Waals surface area contributed by atoms with E-state index in [1.165, 1.54) is 0 Å². The van der Waals surface area contributed by atoms with Gasteiger partial charge in [-0.05, 0) is 49.2 Å². The Hall–Kier alpha value is -2.95. The number of methoxy groups -OCH3 is 1. The molecule has 2 heterocycles. The Balaban J connectivity index is 2.17. The van der Waals surface area contributed by atoms with Crippen molar-refractivity contribution in [3.63, 3.8) is 0 Å². The lowest BCUT2D eigenvalue weighted by Gasteiger charge is -2.01. The van der Waals surface area contributed by atoms with Crippen LogP contribution in [0.5, 0.6) is 5.75 Å². The molecule has 0 atom stereocenters. The van der Waals surface area contributed by atoms with E-state index in [1.54, 1.807) is 7.11 Å². The molecule has 0 radical (unpaired) electrons. The normalized spacial score (nSPS) is 11.6. The minimum Gasteiger partial charge on any atom is -0.497 e. The van der Waals surface area contributed by atoms with Crippen LogP contribution < -0.4 is 4.74 Å². The van der Waals surface area contributed by atoms with Gasteiger partial charge in [0.05, 0.1) is 12.6 Å². The smallest absolute Gasteiger partial charge is 0.352 e. The van der Waals surface area contributed by atoms with E-state index in [0.29, 0.717) is 0 Å². The Morgan fingerprint density at radius 2 is 1.83 bits per heavy atom. The third-order valence-electron chi connectivity index (χ3n) is 4.58. The summed E-state index contributed by atoms with van der Waals surface area (Å²) in [7, 11) is 1.65. The summed E-state index contributed by atoms with van der Waals surface area (Å²) in [6.45, 7) is 3.86. The van der Waals surface area contributed by atoms with E-state index in [2.05, 4.69) is 9.97 Å². The van der Waals surface area contributed by atoms with Gasteiger partial charge in [-0.15, -0.1) is 0 Å². The van der Waals surface area contributed by atoms with Crippen molar-refractivity contribution in [1.82, 2.24) is 9.97 Å². The largest absolute Gasteiger partial charge is 0.497 e. The summed E-state index contributed by atoms with van der Waals surface area (Å²) in [6, 6.07) is 7.92. The van der Waals surface area contributed by atoms with Crippen LogP contribution in [0.2, 0.25) is 0 Å². The van der Waals surface area contributed by atoms with E-state index >= 15 is 0 Å². The van der Waals surface area contributed by atoms with Crippen LogP contribution in [-0.2, 0) is 0 Å². The number of ether oxygens (including phenoxy) is 1. The SMILES string of the molecule is COc1ccc2[nH]c3c(C)c4c(C)c(C(=O)O)[nH]c4cc3c2c1. The highest BCUT2D eigenvalue weighted by atomic mass is 16.5. The molecule has 0 unspecified atom stereocenters.